The lowest BCUT2D eigenvalue weighted by molar-refractivity contribution is -0.129. The smallest absolute Gasteiger partial charge is 0.250 e. The fraction of sp³-hybridized carbons (Fsp3) is 0.545. The molecule has 0 aliphatic carbocycles. The van der Waals surface area contributed by atoms with Crippen molar-refractivity contribution < 1.29 is 13.2 Å². The topological polar surface area (TPSA) is 66.5 Å². The summed E-state index contributed by atoms with van der Waals surface area (Å²) >= 11 is 4.45. The minimum atomic E-state index is -3.44. The highest BCUT2D eigenvalue weighted by Crippen LogP contribution is 2.26. The Bertz CT molecular complexity index is 562. The maximum absolute atomic E-state index is 12.1. The number of carbonyl (C=O) groups excluding carboxylic acids is 1. The molecule has 1 fully saturated rings. The van der Waals surface area contributed by atoms with Gasteiger partial charge in [0.2, 0.25) is 15.9 Å². The molecule has 1 aliphatic heterocycles. The molecule has 106 valence electrons. The predicted octanol–water partition coefficient (Wildman–Crippen LogP) is 1.80. The van der Waals surface area contributed by atoms with Gasteiger partial charge in [-0.1, -0.05) is 0 Å². The molecule has 1 saturated heterocycles. The number of amides is 1. The molecule has 0 spiro atoms. The molecule has 8 heteroatoms. The van der Waals surface area contributed by atoms with Crippen LogP contribution in [0.4, 0.5) is 0 Å². The highest BCUT2D eigenvalue weighted by Gasteiger charge is 2.26. The SMILES string of the molecule is CC(=O)N1CCC(NS(=O)(=O)c2ccc(Br)s2)CC1. The van der Waals surface area contributed by atoms with E-state index in [4.69, 9.17) is 0 Å². The quantitative estimate of drug-likeness (QED) is 0.886. The van der Waals surface area contributed by atoms with Crippen molar-refractivity contribution in [2.75, 3.05) is 13.1 Å². The maximum Gasteiger partial charge on any atom is 0.250 e. The van der Waals surface area contributed by atoms with Crippen LogP contribution in [0.1, 0.15) is 19.8 Å². The Kier molecular flexibility index (Phi) is 4.65. The molecule has 2 rings (SSSR count). The first kappa shape index (κ1) is 15.0. The zero-order valence-electron chi connectivity index (χ0n) is 10.4. The molecule has 0 unspecified atom stereocenters. The Morgan fingerprint density at radius 2 is 2.05 bits per heavy atom. The zero-order chi connectivity index (χ0) is 14.0. The number of hydrogen-bond acceptors (Lipinski definition) is 4. The van der Waals surface area contributed by atoms with Gasteiger partial charge in [0, 0.05) is 26.1 Å². The normalized spacial score (nSPS) is 17.7. The fourth-order valence-electron chi connectivity index (χ4n) is 2.03. The van der Waals surface area contributed by atoms with Gasteiger partial charge in [0.15, 0.2) is 0 Å². The van der Waals surface area contributed by atoms with Gasteiger partial charge in [-0.05, 0) is 40.9 Å². The van der Waals surface area contributed by atoms with Crippen LogP contribution in [0.15, 0.2) is 20.1 Å². The van der Waals surface area contributed by atoms with Crippen molar-refractivity contribution >= 4 is 43.2 Å². The van der Waals surface area contributed by atoms with E-state index in [-0.39, 0.29) is 11.9 Å². The van der Waals surface area contributed by atoms with Crippen molar-refractivity contribution in [1.29, 1.82) is 0 Å². The van der Waals surface area contributed by atoms with Crippen LogP contribution < -0.4 is 4.72 Å². The largest absolute Gasteiger partial charge is 0.343 e. The van der Waals surface area contributed by atoms with Crippen LogP contribution in [0.5, 0.6) is 0 Å². The number of carbonyl (C=O) groups is 1. The Morgan fingerprint density at radius 1 is 1.42 bits per heavy atom. The first-order chi connectivity index (χ1) is 8.88. The van der Waals surface area contributed by atoms with Crippen LogP contribution in [0.2, 0.25) is 0 Å². The molecule has 0 atom stereocenters. The molecule has 1 amide bonds. The van der Waals surface area contributed by atoms with Crippen molar-refractivity contribution in [2.24, 2.45) is 0 Å². The molecule has 2 heterocycles. The second-order valence-corrected chi connectivity index (χ2v) is 8.86. The summed E-state index contributed by atoms with van der Waals surface area (Å²) in [5.74, 6) is 0.0449. The van der Waals surface area contributed by atoms with E-state index in [1.165, 1.54) is 18.3 Å². The monoisotopic (exact) mass is 366 g/mol. The van der Waals surface area contributed by atoms with Gasteiger partial charge in [-0.2, -0.15) is 0 Å². The summed E-state index contributed by atoms with van der Waals surface area (Å²) in [6.45, 7) is 2.75. The van der Waals surface area contributed by atoms with Gasteiger partial charge in [0.05, 0.1) is 3.79 Å². The summed E-state index contributed by atoms with van der Waals surface area (Å²) in [7, 11) is -3.44. The van der Waals surface area contributed by atoms with E-state index < -0.39 is 10.0 Å². The van der Waals surface area contributed by atoms with Crippen molar-refractivity contribution in [3.05, 3.63) is 15.9 Å². The van der Waals surface area contributed by atoms with Crippen LogP contribution in [0.3, 0.4) is 0 Å². The van der Waals surface area contributed by atoms with E-state index in [0.717, 1.165) is 3.79 Å². The van der Waals surface area contributed by atoms with Crippen molar-refractivity contribution in [3.63, 3.8) is 0 Å². The lowest BCUT2D eigenvalue weighted by Crippen LogP contribution is -2.45. The molecule has 1 aromatic rings. The summed E-state index contributed by atoms with van der Waals surface area (Å²) in [6.07, 6.45) is 1.32. The van der Waals surface area contributed by atoms with Crippen molar-refractivity contribution in [3.8, 4) is 0 Å². The van der Waals surface area contributed by atoms with Crippen molar-refractivity contribution in [1.82, 2.24) is 9.62 Å². The Labute approximate surface area is 125 Å². The first-order valence-corrected chi connectivity index (χ1v) is 9.01. The minimum Gasteiger partial charge on any atom is -0.343 e. The average Bonchev–Trinajstić information content (AvgIpc) is 2.77. The van der Waals surface area contributed by atoms with Crippen LogP contribution in [0.25, 0.3) is 0 Å². The number of likely N-dealkylation sites (tertiary alicyclic amines) is 1. The van der Waals surface area contributed by atoms with Crippen LogP contribution in [-0.2, 0) is 14.8 Å². The van der Waals surface area contributed by atoms with Gasteiger partial charge < -0.3 is 4.90 Å². The van der Waals surface area contributed by atoms with Crippen LogP contribution in [-0.4, -0.2) is 38.4 Å². The number of rotatable bonds is 3. The van der Waals surface area contributed by atoms with Crippen LogP contribution >= 0.6 is 27.3 Å². The standard InChI is InChI=1S/C11H15BrN2O3S2/c1-8(15)14-6-4-9(5-7-14)13-19(16,17)11-3-2-10(12)18-11/h2-3,9,13H,4-7H2,1H3. The van der Waals surface area contributed by atoms with Gasteiger partial charge in [-0.25, -0.2) is 13.1 Å². The molecule has 0 radical (unpaired) electrons. The molecule has 1 N–H and O–H groups in total. The van der Waals surface area contributed by atoms with Crippen molar-refractivity contribution in [2.45, 2.75) is 30.0 Å². The fourth-order valence-corrected chi connectivity index (χ4v) is 5.36. The number of piperidine rings is 1. The second kappa shape index (κ2) is 5.90. The third-order valence-electron chi connectivity index (χ3n) is 3.08. The van der Waals surface area contributed by atoms with Crippen LogP contribution in [0, 0.1) is 0 Å². The van der Waals surface area contributed by atoms with E-state index in [2.05, 4.69) is 20.7 Å². The molecule has 0 bridgehead atoms. The second-order valence-electron chi connectivity index (χ2n) is 4.46. The highest BCUT2D eigenvalue weighted by atomic mass is 79.9. The lowest BCUT2D eigenvalue weighted by atomic mass is 10.1. The number of nitrogens with zero attached hydrogens (tertiary/aromatic N) is 1. The van der Waals surface area contributed by atoms with Gasteiger partial charge >= 0.3 is 0 Å². The summed E-state index contributed by atoms with van der Waals surface area (Å²) in [6, 6.07) is 3.21. The van der Waals surface area contributed by atoms with E-state index in [0.29, 0.717) is 30.1 Å². The third kappa shape index (κ3) is 3.77. The molecule has 1 aromatic heterocycles. The molecule has 0 saturated carbocycles. The summed E-state index contributed by atoms with van der Waals surface area (Å²) in [4.78, 5) is 12.9. The molecule has 0 aromatic carbocycles. The lowest BCUT2D eigenvalue weighted by Gasteiger charge is -2.31. The predicted molar refractivity (Wildman–Crippen MR) is 77.6 cm³/mol. The number of halogens is 1. The number of hydrogen-bond donors (Lipinski definition) is 1. The molecular weight excluding hydrogens is 352 g/mol. The summed E-state index contributed by atoms with van der Waals surface area (Å²) in [5.41, 5.74) is 0. The van der Waals surface area contributed by atoms with E-state index in [9.17, 15) is 13.2 Å². The molecule has 5 nitrogen and oxygen atoms in total. The van der Waals surface area contributed by atoms with E-state index >= 15 is 0 Å². The van der Waals surface area contributed by atoms with Gasteiger partial charge in [-0.15, -0.1) is 11.3 Å². The summed E-state index contributed by atoms with van der Waals surface area (Å²) in [5, 5.41) is 0. The van der Waals surface area contributed by atoms with Gasteiger partial charge in [-0.3, -0.25) is 4.79 Å². The molecule has 19 heavy (non-hydrogen) atoms. The molecular formula is C11H15BrN2O3S2. The van der Waals surface area contributed by atoms with E-state index in [1.54, 1.807) is 17.0 Å². The summed E-state index contributed by atoms with van der Waals surface area (Å²) < 4.78 is 28.1. The highest BCUT2D eigenvalue weighted by molar-refractivity contribution is 9.11. The maximum atomic E-state index is 12.1. The van der Waals surface area contributed by atoms with Gasteiger partial charge in [0.25, 0.3) is 0 Å². The minimum absolute atomic E-state index is 0.0449. The van der Waals surface area contributed by atoms with Gasteiger partial charge in [0.1, 0.15) is 4.21 Å². The average molecular weight is 367 g/mol. The Hall–Kier alpha value is -0.440. The number of thiophene rings is 1. The number of sulfonamides is 1. The van der Waals surface area contributed by atoms with E-state index in [1.807, 2.05) is 0 Å². The third-order valence-corrected chi connectivity index (χ3v) is 6.71. The first-order valence-electron chi connectivity index (χ1n) is 5.91. The molecule has 1 aliphatic rings. The Morgan fingerprint density at radius 3 is 2.53 bits per heavy atom. The zero-order valence-corrected chi connectivity index (χ0v) is 13.6. The number of nitrogens with one attached hydrogen (secondary N) is 1. The Balaban J connectivity index is 1.97.